The summed E-state index contributed by atoms with van der Waals surface area (Å²) in [6.07, 6.45) is 1.18. The normalized spacial score (nSPS) is 10.4. The molecule has 1 heterocycles. The van der Waals surface area contributed by atoms with E-state index >= 15 is 0 Å². The topological polar surface area (TPSA) is 36.9 Å². The van der Waals surface area contributed by atoms with Crippen LogP contribution in [-0.4, -0.2) is 0 Å². The van der Waals surface area contributed by atoms with E-state index in [1.807, 2.05) is 6.07 Å². The van der Waals surface area contributed by atoms with Gasteiger partial charge >= 0.3 is 0 Å². The molecular weight excluding hydrogens is 188 g/mol. The van der Waals surface area contributed by atoms with E-state index in [0.29, 0.717) is 5.39 Å². The Kier molecular flexibility index (Phi) is 1.93. The van der Waals surface area contributed by atoms with Crippen LogP contribution in [0.5, 0.6) is 0 Å². The largest absolute Gasteiger partial charge is 0.461 e. The minimum atomic E-state index is -0.746. The van der Waals surface area contributed by atoms with Gasteiger partial charge in [0.25, 0.3) is 0 Å². The summed E-state index contributed by atoms with van der Waals surface area (Å²) in [6, 6.07) is 4.01. The summed E-state index contributed by atoms with van der Waals surface area (Å²) in [4.78, 5) is 0. The monoisotopic (exact) mass is 193 g/mol. The van der Waals surface area contributed by atoms with Gasteiger partial charge in [-0.3, -0.25) is 0 Å². The van der Waals surface area contributed by atoms with Crippen LogP contribution < -0.4 is 0 Å². The highest BCUT2D eigenvalue weighted by Crippen LogP contribution is 2.25. The molecule has 1 aromatic carbocycles. The summed E-state index contributed by atoms with van der Waals surface area (Å²) in [7, 11) is 0. The van der Waals surface area contributed by atoms with Gasteiger partial charge in [-0.2, -0.15) is 5.26 Å². The van der Waals surface area contributed by atoms with Gasteiger partial charge in [0.05, 0.1) is 18.8 Å². The van der Waals surface area contributed by atoms with Crippen molar-refractivity contribution in [2.75, 3.05) is 0 Å². The summed E-state index contributed by atoms with van der Waals surface area (Å²) in [5.74, 6) is -1.46. The first-order valence-corrected chi connectivity index (χ1v) is 3.95. The maximum Gasteiger partial charge on any atom is 0.169 e. The molecule has 0 fully saturated rings. The lowest BCUT2D eigenvalue weighted by Crippen LogP contribution is -1.91. The zero-order valence-corrected chi connectivity index (χ0v) is 7.05. The number of nitrogens with zero attached hydrogens (tertiary/aromatic N) is 1. The van der Waals surface area contributed by atoms with Crippen LogP contribution in [0.3, 0.4) is 0 Å². The Morgan fingerprint density at radius 2 is 2.14 bits per heavy atom. The number of nitriles is 1. The van der Waals surface area contributed by atoms with Gasteiger partial charge in [0.15, 0.2) is 11.4 Å². The fraction of sp³-hybridized carbons (Fsp3) is 0.100. The molecule has 0 saturated heterocycles. The van der Waals surface area contributed by atoms with Gasteiger partial charge in [0.1, 0.15) is 5.82 Å². The van der Waals surface area contributed by atoms with Crippen LogP contribution in [-0.2, 0) is 6.42 Å². The molecular formula is C10H5F2NO. The molecule has 0 aliphatic carbocycles. The molecule has 2 rings (SSSR count). The van der Waals surface area contributed by atoms with Crippen molar-refractivity contribution >= 4 is 11.0 Å². The van der Waals surface area contributed by atoms with Gasteiger partial charge < -0.3 is 4.42 Å². The maximum absolute atomic E-state index is 13.2. The number of hydrogen-bond donors (Lipinski definition) is 0. The van der Waals surface area contributed by atoms with Gasteiger partial charge in [-0.25, -0.2) is 8.78 Å². The number of halogens is 2. The highest BCUT2D eigenvalue weighted by atomic mass is 19.1. The third-order valence-electron chi connectivity index (χ3n) is 2.00. The summed E-state index contributed by atoms with van der Waals surface area (Å²) in [5, 5.41) is 8.79. The van der Waals surface area contributed by atoms with Gasteiger partial charge in [-0.05, 0) is 6.07 Å². The molecule has 0 saturated carbocycles. The Morgan fingerprint density at radius 3 is 2.86 bits per heavy atom. The number of fused-ring (bicyclic) bond motifs is 1. The molecule has 0 radical (unpaired) electrons. The molecule has 4 heteroatoms. The molecule has 0 aliphatic rings. The van der Waals surface area contributed by atoms with E-state index in [0.717, 1.165) is 6.07 Å². The smallest absolute Gasteiger partial charge is 0.169 e. The van der Waals surface area contributed by atoms with Crippen LogP contribution in [0.2, 0.25) is 0 Å². The first-order chi connectivity index (χ1) is 6.74. The van der Waals surface area contributed by atoms with E-state index in [1.54, 1.807) is 0 Å². The van der Waals surface area contributed by atoms with E-state index in [1.165, 1.54) is 12.3 Å². The number of benzene rings is 1. The molecule has 0 bridgehead atoms. The van der Waals surface area contributed by atoms with Crippen molar-refractivity contribution in [1.82, 2.24) is 0 Å². The molecule has 0 aliphatic heterocycles. The first-order valence-electron chi connectivity index (χ1n) is 3.95. The van der Waals surface area contributed by atoms with Gasteiger partial charge in [-0.1, -0.05) is 0 Å². The van der Waals surface area contributed by atoms with Gasteiger partial charge in [-0.15, -0.1) is 0 Å². The fourth-order valence-electron chi connectivity index (χ4n) is 1.38. The third-order valence-corrected chi connectivity index (χ3v) is 2.00. The van der Waals surface area contributed by atoms with Crippen molar-refractivity contribution in [1.29, 1.82) is 5.26 Å². The van der Waals surface area contributed by atoms with Crippen LogP contribution in [0.15, 0.2) is 22.8 Å². The van der Waals surface area contributed by atoms with Crippen molar-refractivity contribution in [3.63, 3.8) is 0 Å². The lowest BCUT2D eigenvalue weighted by atomic mass is 10.1. The Morgan fingerprint density at radius 1 is 1.36 bits per heavy atom. The molecule has 2 nitrogen and oxygen atoms in total. The number of rotatable bonds is 1. The molecule has 0 amide bonds. The van der Waals surface area contributed by atoms with Crippen molar-refractivity contribution in [2.24, 2.45) is 0 Å². The zero-order valence-electron chi connectivity index (χ0n) is 7.05. The summed E-state index contributed by atoms with van der Waals surface area (Å²) in [5.41, 5.74) is 0.175. The van der Waals surface area contributed by atoms with Crippen LogP contribution >= 0.6 is 0 Å². The van der Waals surface area contributed by atoms with E-state index < -0.39 is 11.6 Å². The fourth-order valence-corrected chi connectivity index (χ4v) is 1.38. The van der Waals surface area contributed by atoms with Crippen molar-refractivity contribution in [3.05, 3.63) is 35.6 Å². The van der Waals surface area contributed by atoms with E-state index in [2.05, 4.69) is 0 Å². The van der Waals surface area contributed by atoms with Crippen molar-refractivity contribution < 1.29 is 13.2 Å². The molecule has 0 spiro atoms. The zero-order chi connectivity index (χ0) is 10.1. The lowest BCUT2D eigenvalue weighted by molar-refractivity contribution is 0.544. The molecule has 1 aromatic heterocycles. The molecule has 0 unspecified atom stereocenters. The Bertz CT molecular complexity index is 525. The van der Waals surface area contributed by atoms with Crippen molar-refractivity contribution in [3.8, 4) is 6.07 Å². The highest BCUT2D eigenvalue weighted by molar-refractivity contribution is 5.82. The summed E-state index contributed by atoms with van der Waals surface area (Å²) in [6.45, 7) is 0. The standard InChI is InChI=1S/C10H5F2NO/c11-8-5-9(12)10-7(2-4-14-10)6(8)1-3-13/h2,4-5H,1H2. The van der Waals surface area contributed by atoms with E-state index in [9.17, 15) is 8.78 Å². The quantitative estimate of drug-likeness (QED) is 0.698. The third kappa shape index (κ3) is 1.14. The average molecular weight is 193 g/mol. The van der Waals surface area contributed by atoms with Gasteiger partial charge in [0.2, 0.25) is 0 Å². The Labute approximate surface area is 78.4 Å². The maximum atomic E-state index is 13.2. The van der Waals surface area contributed by atoms with E-state index in [-0.39, 0.29) is 17.6 Å². The van der Waals surface area contributed by atoms with Crippen LogP contribution in [0, 0.1) is 23.0 Å². The average Bonchev–Trinajstić information content (AvgIpc) is 2.60. The van der Waals surface area contributed by atoms with Crippen LogP contribution in [0.25, 0.3) is 11.0 Å². The Hall–Kier alpha value is -1.89. The lowest BCUT2D eigenvalue weighted by Gasteiger charge is -2.00. The molecule has 2 aromatic rings. The predicted molar refractivity (Wildman–Crippen MR) is 45.4 cm³/mol. The second-order valence-corrected chi connectivity index (χ2v) is 2.82. The predicted octanol–water partition coefficient (Wildman–Crippen LogP) is 2.78. The summed E-state index contributed by atoms with van der Waals surface area (Å²) < 4.78 is 31.1. The van der Waals surface area contributed by atoms with Crippen molar-refractivity contribution in [2.45, 2.75) is 6.42 Å². The van der Waals surface area contributed by atoms with Crippen LogP contribution in [0.1, 0.15) is 5.56 Å². The van der Waals surface area contributed by atoms with E-state index in [4.69, 9.17) is 9.68 Å². The molecule has 0 N–H and O–H groups in total. The molecule has 14 heavy (non-hydrogen) atoms. The Balaban J connectivity index is 2.81. The minimum absolute atomic E-state index is 0.00310. The number of furan rings is 1. The minimum Gasteiger partial charge on any atom is -0.461 e. The highest BCUT2D eigenvalue weighted by Gasteiger charge is 2.13. The molecule has 70 valence electrons. The second kappa shape index (κ2) is 3.11. The molecule has 0 atom stereocenters. The number of hydrogen-bond acceptors (Lipinski definition) is 2. The second-order valence-electron chi connectivity index (χ2n) is 2.82. The van der Waals surface area contributed by atoms with Crippen LogP contribution in [0.4, 0.5) is 8.78 Å². The SMILES string of the molecule is N#CCc1c(F)cc(F)c2occc12. The first kappa shape index (κ1) is 8.70. The summed E-state index contributed by atoms with van der Waals surface area (Å²) >= 11 is 0. The van der Waals surface area contributed by atoms with Gasteiger partial charge in [0, 0.05) is 17.0 Å².